The molecule has 0 aromatic heterocycles. The highest BCUT2D eigenvalue weighted by atomic mass is 16.5. The first kappa shape index (κ1) is 15.8. The molecule has 2 saturated heterocycles. The van der Waals surface area contributed by atoms with Crippen molar-refractivity contribution in [3.8, 4) is 5.75 Å². The highest BCUT2D eigenvalue weighted by Crippen LogP contribution is 2.25. The molecule has 0 unspecified atom stereocenters. The first-order valence-corrected chi connectivity index (χ1v) is 8.47. The van der Waals surface area contributed by atoms with Crippen molar-refractivity contribution in [2.45, 2.75) is 26.0 Å². The third-order valence-corrected chi connectivity index (χ3v) is 5.00. The molecule has 122 valence electrons. The van der Waals surface area contributed by atoms with Gasteiger partial charge in [0.05, 0.1) is 19.8 Å². The van der Waals surface area contributed by atoms with E-state index in [0.29, 0.717) is 12.0 Å². The number of hydrogen-bond donors (Lipinski definition) is 0. The Morgan fingerprint density at radius 1 is 1.23 bits per heavy atom. The zero-order valence-electron chi connectivity index (χ0n) is 13.8. The number of hydrogen-bond acceptors (Lipinski definition) is 4. The van der Waals surface area contributed by atoms with Crippen LogP contribution in [-0.4, -0.2) is 62.3 Å². The summed E-state index contributed by atoms with van der Waals surface area (Å²) in [6.07, 6.45) is 1.64. The van der Waals surface area contributed by atoms with E-state index in [9.17, 15) is 0 Å². The number of likely N-dealkylation sites (tertiary alicyclic amines) is 1. The summed E-state index contributed by atoms with van der Waals surface area (Å²) in [6.45, 7) is 9.76. The lowest BCUT2D eigenvalue weighted by molar-refractivity contribution is -0.0241. The molecule has 0 saturated carbocycles. The number of methoxy groups -OCH3 is 1. The second-order valence-corrected chi connectivity index (χ2v) is 6.44. The van der Waals surface area contributed by atoms with Gasteiger partial charge in [0.15, 0.2) is 0 Å². The van der Waals surface area contributed by atoms with E-state index in [2.05, 4.69) is 34.9 Å². The molecule has 22 heavy (non-hydrogen) atoms. The van der Waals surface area contributed by atoms with E-state index in [1.54, 1.807) is 7.11 Å². The van der Waals surface area contributed by atoms with Crippen molar-refractivity contribution in [2.75, 3.05) is 46.4 Å². The van der Waals surface area contributed by atoms with E-state index < -0.39 is 0 Å². The van der Waals surface area contributed by atoms with Gasteiger partial charge in [-0.1, -0.05) is 19.1 Å². The normalized spacial score (nSPS) is 27.2. The minimum absolute atomic E-state index is 0.399. The molecule has 4 nitrogen and oxygen atoms in total. The van der Waals surface area contributed by atoms with Gasteiger partial charge >= 0.3 is 0 Å². The second-order valence-electron chi connectivity index (χ2n) is 6.44. The highest BCUT2D eigenvalue weighted by molar-refractivity contribution is 5.28. The molecule has 2 atom stereocenters. The third-order valence-electron chi connectivity index (χ3n) is 5.00. The lowest BCUT2D eigenvalue weighted by Gasteiger charge is -2.38. The van der Waals surface area contributed by atoms with Crippen molar-refractivity contribution in [1.29, 1.82) is 0 Å². The lowest BCUT2D eigenvalue weighted by Crippen LogP contribution is -2.46. The number of benzene rings is 1. The van der Waals surface area contributed by atoms with Crippen LogP contribution in [0.4, 0.5) is 0 Å². The summed E-state index contributed by atoms with van der Waals surface area (Å²) in [6, 6.07) is 8.39. The summed E-state index contributed by atoms with van der Waals surface area (Å²) in [5.74, 6) is 1.64. The average molecular weight is 304 g/mol. The quantitative estimate of drug-likeness (QED) is 0.852. The second kappa shape index (κ2) is 7.44. The largest absolute Gasteiger partial charge is 0.497 e. The average Bonchev–Trinajstić information content (AvgIpc) is 2.76. The van der Waals surface area contributed by atoms with E-state index in [1.165, 1.54) is 25.1 Å². The number of rotatable bonds is 4. The molecule has 2 aliphatic rings. The Hall–Kier alpha value is -1.10. The Morgan fingerprint density at radius 3 is 2.95 bits per heavy atom. The van der Waals surface area contributed by atoms with E-state index in [0.717, 1.165) is 38.5 Å². The zero-order chi connectivity index (χ0) is 15.4. The van der Waals surface area contributed by atoms with Crippen molar-refractivity contribution < 1.29 is 9.47 Å². The predicted octanol–water partition coefficient (Wildman–Crippen LogP) is 2.24. The Balaban J connectivity index is 1.59. The Kier molecular flexibility index (Phi) is 5.34. The van der Waals surface area contributed by atoms with Crippen LogP contribution in [0, 0.1) is 5.92 Å². The third kappa shape index (κ3) is 3.80. The summed E-state index contributed by atoms with van der Waals surface area (Å²) >= 11 is 0. The molecular weight excluding hydrogens is 276 g/mol. The number of fused-ring (bicyclic) bond motifs is 1. The van der Waals surface area contributed by atoms with Gasteiger partial charge in [-0.05, 0) is 37.2 Å². The monoisotopic (exact) mass is 304 g/mol. The van der Waals surface area contributed by atoms with E-state index >= 15 is 0 Å². The van der Waals surface area contributed by atoms with Gasteiger partial charge in [-0.15, -0.1) is 0 Å². The van der Waals surface area contributed by atoms with E-state index in [-0.39, 0.29) is 0 Å². The first-order chi connectivity index (χ1) is 10.8. The fourth-order valence-corrected chi connectivity index (χ4v) is 3.64. The van der Waals surface area contributed by atoms with Crippen molar-refractivity contribution in [3.05, 3.63) is 29.8 Å². The van der Waals surface area contributed by atoms with Gasteiger partial charge in [-0.2, -0.15) is 0 Å². The van der Waals surface area contributed by atoms with Crippen molar-refractivity contribution in [3.63, 3.8) is 0 Å². The van der Waals surface area contributed by atoms with Crippen molar-refractivity contribution in [2.24, 2.45) is 5.92 Å². The SMILES string of the molecule is CCN1CCO[C@@H]2CN(Cc3cccc(OC)c3)CC[C@@H]2C1. The highest BCUT2D eigenvalue weighted by Gasteiger charge is 2.32. The Morgan fingerprint density at radius 2 is 2.14 bits per heavy atom. The molecule has 0 bridgehead atoms. The molecule has 1 aromatic carbocycles. The number of ether oxygens (including phenoxy) is 2. The lowest BCUT2D eigenvalue weighted by atomic mass is 9.93. The van der Waals surface area contributed by atoms with Gasteiger partial charge < -0.3 is 14.4 Å². The topological polar surface area (TPSA) is 24.9 Å². The van der Waals surface area contributed by atoms with Crippen LogP contribution in [0.2, 0.25) is 0 Å². The van der Waals surface area contributed by atoms with Crippen molar-refractivity contribution in [1.82, 2.24) is 9.80 Å². The van der Waals surface area contributed by atoms with Crippen LogP contribution in [0.25, 0.3) is 0 Å². The molecule has 0 aliphatic carbocycles. The zero-order valence-corrected chi connectivity index (χ0v) is 13.8. The minimum atomic E-state index is 0.399. The maximum absolute atomic E-state index is 6.14. The van der Waals surface area contributed by atoms with Gasteiger partial charge in [-0.25, -0.2) is 0 Å². The Bertz CT molecular complexity index is 480. The summed E-state index contributed by atoms with van der Waals surface area (Å²) in [5.41, 5.74) is 1.32. The Labute approximate surface area is 134 Å². The molecule has 0 spiro atoms. The summed E-state index contributed by atoms with van der Waals surface area (Å²) in [4.78, 5) is 5.06. The van der Waals surface area contributed by atoms with Crippen LogP contribution < -0.4 is 4.74 Å². The number of piperidine rings is 1. The van der Waals surface area contributed by atoms with Crippen LogP contribution in [0.15, 0.2) is 24.3 Å². The van der Waals surface area contributed by atoms with Crippen LogP contribution in [0.1, 0.15) is 18.9 Å². The molecule has 3 rings (SSSR count). The van der Waals surface area contributed by atoms with Crippen LogP contribution >= 0.6 is 0 Å². The minimum Gasteiger partial charge on any atom is -0.497 e. The molecule has 0 N–H and O–H groups in total. The smallest absolute Gasteiger partial charge is 0.119 e. The maximum atomic E-state index is 6.14. The molecule has 4 heteroatoms. The standard InChI is InChI=1S/C18H28N2O2/c1-3-19-9-10-22-18-14-20(8-7-16(18)13-19)12-15-5-4-6-17(11-15)21-2/h4-6,11,16,18H,3,7-10,12-14H2,1-2H3/t16-,18-/m1/s1. The summed E-state index contributed by atoms with van der Waals surface area (Å²) < 4.78 is 11.5. The molecule has 1 aromatic rings. The molecule has 2 aliphatic heterocycles. The van der Waals surface area contributed by atoms with Gasteiger partial charge in [0.1, 0.15) is 5.75 Å². The van der Waals surface area contributed by atoms with E-state index in [4.69, 9.17) is 9.47 Å². The molecule has 0 radical (unpaired) electrons. The van der Waals surface area contributed by atoms with Crippen LogP contribution in [0.5, 0.6) is 5.75 Å². The predicted molar refractivity (Wildman–Crippen MR) is 88.2 cm³/mol. The van der Waals surface area contributed by atoms with Crippen LogP contribution in [-0.2, 0) is 11.3 Å². The van der Waals surface area contributed by atoms with Crippen LogP contribution in [0.3, 0.4) is 0 Å². The molecule has 0 amide bonds. The van der Waals surface area contributed by atoms with Gasteiger partial charge in [-0.3, -0.25) is 4.90 Å². The summed E-state index contributed by atoms with van der Waals surface area (Å²) in [5, 5.41) is 0. The molecular formula is C18H28N2O2. The number of likely N-dealkylation sites (N-methyl/N-ethyl adjacent to an activating group) is 1. The van der Waals surface area contributed by atoms with Gasteiger partial charge in [0, 0.05) is 32.1 Å². The van der Waals surface area contributed by atoms with Gasteiger partial charge in [0.2, 0.25) is 0 Å². The maximum Gasteiger partial charge on any atom is 0.119 e. The van der Waals surface area contributed by atoms with Crippen molar-refractivity contribution >= 4 is 0 Å². The summed E-state index contributed by atoms with van der Waals surface area (Å²) in [7, 11) is 1.73. The molecule has 2 heterocycles. The first-order valence-electron chi connectivity index (χ1n) is 8.47. The van der Waals surface area contributed by atoms with Gasteiger partial charge in [0.25, 0.3) is 0 Å². The molecule has 2 fully saturated rings. The number of nitrogens with zero attached hydrogens (tertiary/aromatic N) is 2. The fraction of sp³-hybridized carbons (Fsp3) is 0.667. The fourth-order valence-electron chi connectivity index (χ4n) is 3.64. The van der Waals surface area contributed by atoms with E-state index in [1.807, 2.05) is 6.07 Å².